The van der Waals surface area contributed by atoms with Gasteiger partial charge in [-0.15, -0.1) is 0 Å². The van der Waals surface area contributed by atoms with Crippen molar-refractivity contribution in [2.75, 3.05) is 5.73 Å². The van der Waals surface area contributed by atoms with Crippen molar-refractivity contribution < 1.29 is 14.2 Å². The summed E-state index contributed by atoms with van der Waals surface area (Å²) in [4.78, 5) is 0. The van der Waals surface area contributed by atoms with E-state index < -0.39 is 5.82 Å². The van der Waals surface area contributed by atoms with Crippen LogP contribution in [0.5, 0.6) is 17.2 Å². The zero-order valence-electron chi connectivity index (χ0n) is 8.35. The van der Waals surface area contributed by atoms with Crippen molar-refractivity contribution in [3.63, 3.8) is 0 Å². The van der Waals surface area contributed by atoms with E-state index in [1.165, 1.54) is 24.3 Å². The first kappa shape index (κ1) is 10.3. The summed E-state index contributed by atoms with van der Waals surface area (Å²) < 4.78 is 18.5. The van der Waals surface area contributed by atoms with Gasteiger partial charge in [-0.3, -0.25) is 0 Å². The number of benzene rings is 2. The molecule has 0 aliphatic heterocycles. The number of hydrogen-bond acceptors (Lipinski definition) is 3. The number of ether oxygens (including phenoxy) is 1. The summed E-state index contributed by atoms with van der Waals surface area (Å²) in [6.45, 7) is 0. The standard InChI is InChI=1S/C12H10FNO2/c13-11-7-10(5-6-12(11)14)16-9-3-1-8(15)2-4-9/h1-7,15H,14H2. The van der Waals surface area contributed by atoms with Crippen molar-refractivity contribution in [2.45, 2.75) is 0 Å². The Hall–Kier alpha value is -2.23. The van der Waals surface area contributed by atoms with Crippen LogP contribution in [0.15, 0.2) is 42.5 Å². The number of nitrogens with two attached hydrogens (primary N) is 1. The van der Waals surface area contributed by atoms with Crippen LogP contribution >= 0.6 is 0 Å². The molecule has 0 unspecified atom stereocenters. The van der Waals surface area contributed by atoms with Crippen LogP contribution in [0.4, 0.5) is 10.1 Å². The molecule has 0 bridgehead atoms. The van der Waals surface area contributed by atoms with Gasteiger partial charge in [0.25, 0.3) is 0 Å². The fourth-order valence-corrected chi connectivity index (χ4v) is 1.22. The van der Waals surface area contributed by atoms with Gasteiger partial charge in [0.05, 0.1) is 5.69 Å². The molecule has 0 amide bonds. The minimum Gasteiger partial charge on any atom is -0.508 e. The molecule has 0 atom stereocenters. The number of hydrogen-bond donors (Lipinski definition) is 2. The Morgan fingerprint density at radius 3 is 2.25 bits per heavy atom. The molecule has 0 spiro atoms. The summed E-state index contributed by atoms with van der Waals surface area (Å²) in [5.41, 5.74) is 5.42. The maximum Gasteiger partial charge on any atom is 0.149 e. The van der Waals surface area contributed by atoms with Gasteiger partial charge in [-0.25, -0.2) is 4.39 Å². The highest BCUT2D eigenvalue weighted by atomic mass is 19.1. The zero-order valence-corrected chi connectivity index (χ0v) is 8.35. The van der Waals surface area contributed by atoms with E-state index in [0.29, 0.717) is 11.5 Å². The van der Waals surface area contributed by atoms with Crippen LogP contribution in [0.3, 0.4) is 0 Å². The Morgan fingerprint density at radius 1 is 1.00 bits per heavy atom. The first-order valence-corrected chi connectivity index (χ1v) is 4.67. The molecule has 2 rings (SSSR count). The molecule has 3 nitrogen and oxygen atoms in total. The Kier molecular flexibility index (Phi) is 2.64. The highest BCUT2D eigenvalue weighted by molar-refractivity contribution is 5.45. The van der Waals surface area contributed by atoms with Crippen LogP contribution in [0.2, 0.25) is 0 Å². The molecule has 3 N–H and O–H groups in total. The van der Waals surface area contributed by atoms with Crippen LogP contribution in [-0.4, -0.2) is 5.11 Å². The predicted molar refractivity (Wildman–Crippen MR) is 59.0 cm³/mol. The van der Waals surface area contributed by atoms with E-state index in [1.54, 1.807) is 18.2 Å². The summed E-state index contributed by atoms with van der Waals surface area (Å²) in [5.74, 6) is 0.506. The predicted octanol–water partition coefficient (Wildman–Crippen LogP) is 2.91. The second-order valence-electron chi connectivity index (χ2n) is 3.28. The zero-order chi connectivity index (χ0) is 11.5. The molecule has 0 heterocycles. The maximum atomic E-state index is 13.1. The van der Waals surface area contributed by atoms with Gasteiger partial charge in [-0.1, -0.05) is 0 Å². The summed E-state index contributed by atoms with van der Waals surface area (Å²) in [6, 6.07) is 10.4. The minimum absolute atomic E-state index is 0.0815. The molecule has 2 aromatic rings. The molecule has 0 saturated heterocycles. The summed E-state index contributed by atoms with van der Waals surface area (Å²) in [7, 11) is 0. The molecule has 2 aromatic carbocycles. The monoisotopic (exact) mass is 219 g/mol. The average Bonchev–Trinajstić information content (AvgIpc) is 2.27. The van der Waals surface area contributed by atoms with E-state index in [1.807, 2.05) is 0 Å². The smallest absolute Gasteiger partial charge is 0.149 e. The highest BCUT2D eigenvalue weighted by Gasteiger charge is 2.02. The lowest BCUT2D eigenvalue weighted by molar-refractivity contribution is 0.462. The fraction of sp³-hybridized carbons (Fsp3) is 0. The number of phenols is 1. The molecule has 0 saturated carbocycles. The third-order valence-corrected chi connectivity index (χ3v) is 2.04. The van der Waals surface area contributed by atoms with E-state index in [9.17, 15) is 4.39 Å². The molecule has 0 aliphatic rings. The molecule has 0 aliphatic carbocycles. The van der Waals surface area contributed by atoms with E-state index in [-0.39, 0.29) is 11.4 Å². The first-order valence-electron chi connectivity index (χ1n) is 4.67. The lowest BCUT2D eigenvalue weighted by Gasteiger charge is -2.06. The minimum atomic E-state index is -0.517. The molecular formula is C12H10FNO2. The van der Waals surface area contributed by atoms with E-state index in [0.717, 1.165) is 0 Å². The molecule has 0 fully saturated rings. The van der Waals surface area contributed by atoms with Crippen LogP contribution < -0.4 is 10.5 Å². The van der Waals surface area contributed by atoms with Gasteiger partial charge in [0.2, 0.25) is 0 Å². The van der Waals surface area contributed by atoms with Gasteiger partial charge in [-0.05, 0) is 36.4 Å². The number of nitrogen functional groups attached to an aromatic ring is 1. The highest BCUT2D eigenvalue weighted by Crippen LogP contribution is 2.25. The van der Waals surface area contributed by atoms with Crippen molar-refractivity contribution in [3.05, 3.63) is 48.3 Å². The van der Waals surface area contributed by atoms with Crippen LogP contribution in [-0.2, 0) is 0 Å². The van der Waals surface area contributed by atoms with E-state index in [4.69, 9.17) is 15.6 Å². The first-order chi connectivity index (χ1) is 7.65. The topological polar surface area (TPSA) is 55.5 Å². The molecule has 0 radical (unpaired) electrons. The average molecular weight is 219 g/mol. The molecule has 16 heavy (non-hydrogen) atoms. The second kappa shape index (κ2) is 4.10. The van der Waals surface area contributed by atoms with Crippen LogP contribution in [0.1, 0.15) is 0 Å². The molecular weight excluding hydrogens is 209 g/mol. The summed E-state index contributed by atoms with van der Waals surface area (Å²) in [5, 5.41) is 9.07. The van der Waals surface area contributed by atoms with Crippen molar-refractivity contribution >= 4 is 5.69 Å². The van der Waals surface area contributed by atoms with Gasteiger partial charge in [0.15, 0.2) is 0 Å². The number of anilines is 1. The van der Waals surface area contributed by atoms with Crippen molar-refractivity contribution in [1.29, 1.82) is 0 Å². The van der Waals surface area contributed by atoms with Crippen molar-refractivity contribution in [3.8, 4) is 17.2 Å². The second-order valence-corrected chi connectivity index (χ2v) is 3.28. The normalized spacial score (nSPS) is 10.1. The summed E-state index contributed by atoms with van der Waals surface area (Å²) in [6.07, 6.45) is 0. The van der Waals surface area contributed by atoms with E-state index >= 15 is 0 Å². The largest absolute Gasteiger partial charge is 0.508 e. The number of halogens is 1. The maximum absolute atomic E-state index is 13.1. The Labute approximate surface area is 91.9 Å². The van der Waals surface area contributed by atoms with Crippen LogP contribution in [0, 0.1) is 5.82 Å². The lowest BCUT2D eigenvalue weighted by Crippen LogP contribution is -1.91. The van der Waals surface area contributed by atoms with Gasteiger partial charge < -0.3 is 15.6 Å². The van der Waals surface area contributed by atoms with Crippen LogP contribution in [0.25, 0.3) is 0 Å². The van der Waals surface area contributed by atoms with Gasteiger partial charge >= 0.3 is 0 Å². The van der Waals surface area contributed by atoms with Gasteiger partial charge in [0.1, 0.15) is 23.1 Å². The van der Waals surface area contributed by atoms with Gasteiger partial charge in [0, 0.05) is 6.07 Å². The summed E-state index contributed by atoms with van der Waals surface area (Å²) >= 11 is 0. The molecule has 4 heteroatoms. The molecule has 0 aromatic heterocycles. The SMILES string of the molecule is Nc1ccc(Oc2ccc(O)cc2)cc1F. The Bertz CT molecular complexity index is 497. The van der Waals surface area contributed by atoms with Crippen molar-refractivity contribution in [2.24, 2.45) is 0 Å². The van der Waals surface area contributed by atoms with Gasteiger partial charge in [-0.2, -0.15) is 0 Å². The van der Waals surface area contributed by atoms with Crippen molar-refractivity contribution in [1.82, 2.24) is 0 Å². The fourth-order valence-electron chi connectivity index (χ4n) is 1.22. The third kappa shape index (κ3) is 2.23. The number of phenolic OH excluding ortho intramolecular Hbond substituents is 1. The third-order valence-electron chi connectivity index (χ3n) is 2.04. The Balaban J connectivity index is 2.20. The van der Waals surface area contributed by atoms with E-state index in [2.05, 4.69) is 0 Å². The number of aromatic hydroxyl groups is 1. The Morgan fingerprint density at radius 2 is 1.62 bits per heavy atom. The lowest BCUT2D eigenvalue weighted by atomic mass is 10.3. The number of rotatable bonds is 2. The quantitative estimate of drug-likeness (QED) is 0.763. The molecule has 82 valence electrons.